The molecule has 1 aromatic carbocycles. The quantitative estimate of drug-likeness (QED) is 0.761. The van der Waals surface area contributed by atoms with Crippen LogP contribution in [0.2, 0.25) is 0 Å². The van der Waals surface area contributed by atoms with Gasteiger partial charge in [-0.15, -0.1) is 0 Å². The Morgan fingerprint density at radius 2 is 1.54 bits per heavy atom. The molecule has 28 heavy (non-hydrogen) atoms. The van der Waals surface area contributed by atoms with E-state index < -0.39 is 17.7 Å². The molecular weight excluding hydrogens is 361 g/mol. The maximum Gasteiger partial charge on any atom is 0.226 e. The number of hydrogen-bond donors (Lipinski definition) is 0. The summed E-state index contributed by atoms with van der Waals surface area (Å²) in [5.41, 5.74) is 2.91. The highest BCUT2D eigenvalue weighted by Crippen LogP contribution is 2.36. The van der Waals surface area contributed by atoms with E-state index >= 15 is 0 Å². The Labute approximate surface area is 162 Å². The largest absolute Gasteiger partial charge is 0.349 e. The van der Waals surface area contributed by atoms with Crippen molar-refractivity contribution in [1.82, 2.24) is 14.9 Å². The van der Waals surface area contributed by atoms with E-state index in [-0.39, 0.29) is 30.3 Å². The first-order valence-corrected chi connectivity index (χ1v) is 9.04. The number of amides is 1. The predicted molar refractivity (Wildman–Crippen MR) is 101 cm³/mol. The third-order valence-corrected chi connectivity index (χ3v) is 5.09. The fourth-order valence-corrected chi connectivity index (χ4v) is 3.86. The van der Waals surface area contributed by atoms with Gasteiger partial charge >= 0.3 is 0 Å². The van der Waals surface area contributed by atoms with Crippen molar-refractivity contribution in [3.63, 3.8) is 0 Å². The lowest BCUT2D eigenvalue weighted by molar-refractivity contribution is -0.143. The minimum absolute atomic E-state index is 0.0646. The molecule has 1 amide bonds. The Bertz CT molecular complexity index is 913. The molecule has 1 aliphatic carbocycles. The van der Waals surface area contributed by atoms with Gasteiger partial charge in [0.05, 0.1) is 18.3 Å². The Balaban J connectivity index is 1.94. The molecule has 1 aliphatic rings. The van der Waals surface area contributed by atoms with Gasteiger partial charge in [0.15, 0.2) is 11.6 Å². The van der Waals surface area contributed by atoms with Gasteiger partial charge in [-0.1, -0.05) is 0 Å². The second kappa shape index (κ2) is 7.58. The van der Waals surface area contributed by atoms with Crippen LogP contribution < -0.4 is 0 Å². The summed E-state index contributed by atoms with van der Waals surface area (Å²) in [4.78, 5) is 47.1. The average molecular weight is 383 g/mol. The van der Waals surface area contributed by atoms with Crippen LogP contribution in [0.5, 0.6) is 0 Å². The lowest BCUT2D eigenvalue weighted by Gasteiger charge is -2.29. The predicted octanol–water partition coefficient (Wildman–Crippen LogP) is 2.62. The van der Waals surface area contributed by atoms with Crippen LogP contribution in [0.15, 0.2) is 24.5 Å². The molecule has 2 aromatic rings. The van der Waals surface area contributed by atoms with Crippen molar-refractivity contribution in [2.45, 2.75) is 32.6 Å². The Morgan fingerprint density at radius 3 is 2.00 bits per heavy atom. The van der Waals surface area contributed by atoms with Gasteiger partial charge < -0.3 is 4.90 Å². The summed E-state index contributed by atoms with van der Waals surface area (Å²) in [5, 5.41) is 0. The van der Waals surface area contributed by atoms with Gasteiger partial charge in [-0.3, -0.25) is 14.4 Å². The Morgan fingerprint density at radius 1 is 1.04 bits per heavy atom. The summed E-state index contributed by atoms with van der Waals surface area (Å²) < 4.78 is 13.1. The molecule has 146 valence electrons. The van der Waals surface area contributed by atoms with E-state index in [0.717, 1.165) is 23.5 Å². The van der Waals surface area contributed by atoms with Crippen molar-refractivity contribution in [3.05, 3.63) is 47.0 Å². The Hall–Kier alpha value is -2.96. The maximum atomic E-state index is 13.1. The van der Waals surface area contributed by atoms with E-state index in [0.29, 0.717) is 17.0 Å². The first-order valence-electron chi connectivity index (χ1n) is 9.04. The minimum atomic E-state index is -0.852. The monoisotopic (exact) mass is 383 g/mol. The molecule has 1 saturated carbocycles. The standard InChI is InChI=1S/C21H22FN3O3/c1-11-5-13(20-23-9-15(22)10-24-20)6-12(2)18(11)19-16(26)7-14(8-17(19)27)21(28)25(3)4/h5-6,9-10,14,19H,7-8H2,1-4H3. The number of Topliss-reactive ketones (excluding diaryl/α,β-unsaturated/α-hetero) is 2. The van der Waals surface area contributed by atoms with E-state index in [4.69, 9.17) is 0 Å². The van der Waals surface area contributed by atoms with Gasteiger partial charge in [0.1, 0.15) is 17.5 Å². The number of rotatable bonds is 3. The molecule has 0 spiro atoms. The molecule has 0 aliphatic heterocycles. The fraction of sp³-hybridized carbons (Fsp3) is 0.381. The zero-order chi connectivity index (χ0) is 20.6. The van der Waals surface area contributed by atoms with Crippen LogP contribution in [0.25, 0.3) is 11.4 Å². The minimum Gasteiger partial charge on any atom is -0.349 e. The molecule has 1 fully saturated rings. The first-order chi connectivity index (χ1) is 13.2. The molecule has 6 nitrogen and oxygen atoms in total. The average Bonchev–Trinajstić information content (AvgIpc) is 2.62. The summed E-state index contributed by atoms with van der Waals surface area (Å²) in [5.74, 6) is -2.24. The van der Waals surface area contributed by atoms with Crippen LogP contribution in [-0.2, 0) is 14.4 Å². The number of hydrogen-bond acceptors (Lipinski definition) is 5. The van der Waals surface area contributed by atoms with E-state index in [1.165, 1.54) is 4.90 Å². The molecule has 0 unspecified atom stereocenters. The summed E-state index contributed by atoms with van der Waals surface area (Å²) in [6, 6.07) is 3.60. The highest BCUT2D eigenvalue weighted by molar-refractivity contribution is 6.12. The van der Waals surface area contributed by atoms with Crippen molar-refractivity contribution in [3.8, 4) is 11.4 Å². The zero-order valence-electron chi connectivity index (χ0n) is 16.3. The van der Waals surface area contributed by atoms with Crippen molar-refractivity contribution in [2.75, 3.05) is 14.1 Å². The number of aryl methyl sites for hydroxylation is 2. The van der Waals surface area contributed by atoms with Crippen molar-refractivity contribution < 1.29 is 18.8 Å². The van der Waals surface area contributed by atoms with Gasteiger partial charge in [0, 0.05) is 32.5 Å². The van der Waals surface area contributed by atoms with Gasteiger partial charge in [-0.25, -0.2) is 14.4 Å². The third-order valence-electron chi connectivity index (χ3n) is 5.09. The molecular formula is C21H22FN3O3. The number of halogens is 1. The SMILES string of the molecule is Cc1cc(-c2ncc(F)cn2)cc(C)c1C1C(=O)CC(C(=O)N(C)C)CC1=O. The van der Waals surface area contributed by atoms with Crippen molar-refractivity contribution in [1.29, 1.82) is 0 Å². The second-order valence-electron chi connectivity index (χ2n) is 7.45. The van der Waals surface area contributed by atoms with Crippen molar-refractivity contribution in [2.24, 2.45) is 5.92 Å². The maximum absolute atomic E-state index is 13.1. The van der Waals surface area contributed by atoms with Gasteiger partial charge in [-0.05, 0) is 42.7 Å². The highest BCUT2D eigenvalue weighted by Gasteiger charge is 2.40. The first kappa shape index (κ1) is 19.8. The summed E-state index contributed by atoms with van der Waals surface area (Å²) >= 11 is 0. The molecule has 0 atom stereocenters. The molecule has 0 saturated heterocycles. The lowest BCUT2D eigenvalue weighted by atomic mass is 9.74. The number of benzene rings is 1. The zero-order valence-corrected chi connectivity index (χ0v) is 16.3. The summed E-state index contributed by atoms with van der Waals surface area (Å²) in [6.45, 7) is 3.65. The number of carbonyl (C=O) groups is 3. The van der Waals surface area contributed by atoms with Crippen LogP contribution in [0, 0.1) is 25.6 Å². The van der Waals surface area contributed by atoms with Crippen LogP contribution in [0.1, 0.15) is 35.4 Å². The number of nitrogens with zero attached hydrogens (tertiary/aromatic N) is 3. The van der Waals surface area contributed by atoms with Gasteiger partial charge in [-0.2, -0.15) is 0 Å². The number of aromatic nitrogens is 2. The van der Waals surface area contributed by atoms with Crippen LogP contribution in [0.4, 0.5) is 4.39 Å². The smallest absolute Gasteiger partial charge is 0.226 e. The van der Waals surface area contributed by atoms with E-state index in [2.05, 4.69) is 9.97 Å². The van der Waals surface area contributed by atoms with E-state index in [9.17, 15) is 18.8 Å². The fourth-order valence-electron chi connectivity index (χ4n) is 3.86. The summed E-state index contributed by atoms with van der Waals surface area (Å²) in [7, 11) is 3.24. The number of carbonyl (C=O) groups excluding carboxylic acids is 3. The van der Waals surface area contributed by atoms with Crippen LogP contribution in [-0.4, -0.2) is 46.4 Å². The van der Waals surface area contributed by atoms with Gasteiger partial charge in [0.25, 0.3) is 0 Å². The Kier molecular flexibility index (Phi) is 5.36. The lowest BCUT2D eigenvalue weighted by Crippen LogP contribution is -2.40. The van der Waals surface area contributed by atoms with Crippen molar-refractivity contribution >= 4 is 17.5 Å². The third kappa shape index (κ3) is 3.69. The van der Waals surface area contributed by atoms with E-state index in [1.54, 1.807) is 26.2 Å². The molecule has 3 rings (SSSR count). The molecule has 0 bridgehead atoms. The molecule has 0 radical (unpaired) electrons. The second-order valence-corrected chi connectivity index (χ2v) is 7.45. The summed E-state index contributed by atoms with van der Waals surface area (Å²) in [6.07, 6.45) is 2.32. The molecule has 7 heteroatoms. The van der Waals surface area contributed by atoms with Gasteiger partial charge in [0.2, 0.25) is 5.91 Å². The molecule has 1 heterocycles. The van der Waals surface area contributed by atoms with E-state index in [1.807, 2.05) is 13.8 Å². The van der Waals surface area contributed by atoms with Crippen LogP contribution in [0.3, 0.4) is 0 Å². The normalized spacial score (nSPS) is 19.6. The molecule has 1 aromatic heterocycles. The van der Waals surface area contributed by atoms with Crippen LogP contribution >= 0.6 is 0 Å². The number of ketones is 2. The molecule has 0 N–H and O–H groups in total. The highest BCUT2D eigenvalue weighted by atomic mass is 19.1. The topological polar surface area (TPSA) is 80.2 Å².